The highest BCUT2D eigenvalue weighted by Gasteiger charge is 2.39. The van der Waals surface area contributed by atoms with Crippen LogP contribution in [0.3, 0.4) is 0 Å². The maximum atomic E-state index is 13.0. The van der Waals surface area contributed by atoms with E-state index in [4.69, 9.17) is 14.4 Å². The number of carbonyl (C=O) groups is 1. The number of rotatable bonds is 3. The van der Waals surface area contributed by atoms with Crippen molar-refractivity contribution in [2.75, 3.05) is 13.7 Å². The molecular formula is C17H20N4O3. The molecule has 1 N–H and O–H groups in total. The number of furan rings is 1. The molecule has 0 radical (unpaired) electrons. The second kappa shape index (κ2) is 6.13. The summed E-state index contributed by atoms with van der Waals surface area (Å²) in [5, 5.41) is 8.96. The molecule has 0 bridgehead atoms. The zero-order valence-electron chi connectivity index (χ0n) is 14.2. The molecule has 7 heteroatoms. The zero-order chi connectivity index (χ0) is 17.4. The van der Waals surface area contributed by atoms with Crippen LogP contribution in [0.4, 0.5) is 0 Å². The SMILES string of the molecule is CO[C@@H]1C[C@@H](c2nc(C)c(C)[nH]2)N(C(=O)c2cc(C#N)oc2C)C1. The highest BCUT2D eigenvalue weighted by molar-refractivity contribution is 5.96. The van der Waals surface area contributed by atoms with Gasteiger partial charge in [0.1, 0.15) is 17.7 Å². The Kier molecular flexibility index (Phi) is 4.16. The first-order valence-corrected chi connectivity index (χ1v) is 7.82. The van der Waals surface area contributed by atoms with Gasteiger partial charge in [-0.25, -0.2) is 4.98 Å². The summed E-state index contributed by atoms with van der Waals surface area (Å²) in [4.78, 5) is 22.5. The fraction of sp³-hybridized carbons (Fsp3) is 0.471. The minimum Gasteiger partial charge on any atom is -0.450 e. The van der Waals surface area contributed by atoms with Gasteiger partial charge in [-0.05, 0) is 20.8 Å². The number of hydrogen-bond donors (Lipinski definition) is 1. The van der Waals surface area contributed by atoms with E-state index in [9.17, 15) is 4.79 Å². The van der Waals surface area contributed by atoms with Gasteiger partial charge in [0, 0.05) is 31.8 Å². The van der Waals surface area contributed by atoms with Crippen molar-refractivity contribution in [3.05, 3.63) is 40.4 Å². The number of nitrogens with zero attached hydrogens (tertiary/aromatic N) is 3. The molecule has 0 spiro atoms. The standard InChI is InChI=1S/C17H20N4O3/c1-9-10(2)20-16(19-9)15-6-13(23-4)8-21(15)17(22)14-5-12(7-18)24-11(14)3/h5,13,15H,6,8H2,1-4H3,(H,19,20)/t13-,15+/m1/s1. The first kappa shape index (κ1) is 16.3. The number of aryl methyl sites for hydroxylation is 3. The predicted molar refractivity (Wildman–Crippen MR) is 85.4 cm³/mol. The van der Waals surface area contributed by atoms with Crippen molar-refractivity contribution < 1.29 is 13.9 Å². The predicted octanol–water partition coefficient (Wildman–Crippen LogP) is 2.40. The van der Waals surface area contributed by atoms with Crippen molar-refractivity contribution in [3.8, 4) is 6.07 Å². The summed E-state index contributed by atoms with van der Waals surface area (Å²) < 4.78 is 10.8. The zero-order valence-corrected chi connectivity index (χ0v) is 14.2. The van der Waals surface area contributed by atoms with E-state index in [1.807, 2.05) is 19.9 Å². The minimum absolute atomic E-state index is 0.0488. The average molecular weight is 328 g/mol. The van der Waals surface area contributed by atoms with Crippen LogP contribution in [0, 0.1) is 32.1 Å². The minimum atomic E-state index is -0.185. The number of nitrogens with one attached hydrogen (secondary N) is 1. The molecule has 0 aromatic carbocycles. The maximum Gasteiger partial charge on any atom is 0.258 e. The number of aromatic amines is 1. The van der Waals surface area contributed by atoms with E-state index in [1.54, 1.807) is 18.9 Å². The molecule has 1 fully saturated rings. The molecule has 2 aromatic rings. The van der Waals surface area contributed by atoms with E-state index < -0.39 is 0 Å². The van der Waals surface area contributed by atoms with Crippen LogP contribution in [0.1, 0.15) is 51.6 Å². The lowest BCUT2D eigenvalue weighted by atomic mass is 10.1. The highest BCUT2D eigenvalue weighted by Crippen LogP contribution is 2.34. The molecule has 126 valence electrons. The van der Waals surface area contributed by atoms with E-state index in [2.05, 4.69) is 9.97 Å². The molecule has 1 amide bonds. The molecule has 2 aromatic heterocycles. The molecule has 0 saturated carbocycles. The smallest absolute Gasteiger partial charge is 0.258 e. The number of aromatic nitrogens is 2. The molecule has 0 unspecified atom stereocenters. The van der Waals surface area contributed by atoms with E-state index in [0.29, 0.717) is 24.3 Å². The summed E-state index contributed by atoms with van der Waals surface area (Å²) >= 11 is 0. The second-order valence-electron chi connectivity index (χ2n) is 6.09. The number of nitriles is 1. The summed E-state index contributed by atoms with van der Waals surface area (Å²) in [5.74, 6) is 1.18. The molecule has 24 heavy (non-hydrogen) atoms. The van der Waals surface area contributed by atoms with Crippen LogP contribution in [-0.2, 0) is 4.74 Å². The van der Waals surface area contributed by atoms with Gasteiger partial charge in [-0.1, -0.05) is 0 Å². The Morgan fingerprint density at radius 3 is 2.79 bits per heavy atom. The summed E-state index contributed by atoms with van der Waals surface area (Å²) in [5.41, 5.74) is 2.32. The number of amides is 1. The normalized spacial score (nSPS) is 20.4. The number of imidazole rings is 1. The van der Waals surface area contributed by atoms with E-state index in [-0.39, 0.29) is 23.8 Å². The fourth-order valence-electron chi connectivity index (χ4n) is 3.09. The monoisotopic (exact) mass is 328 g/mol. The van der Waals surface area contributed by atoms with E-state index >= 15 is 0 Å². The van der Waals surface area contributed by atoms with Crippen molar-refractivity contribution in [2.24, 2.45) is 0 Å². The van der Waals surface area contributed by atoms with Gasteiger partial charge in [-0.15, -0.1) is 0 Å². The molecular weight excluding hydrogens is 308 g/mol. The summed E-state index contributed by atoms with van der Waals surface area (Å²) in [7, 11) is 1.64. The third-order valence-corrected chi connectivity index (χ3v) is 4.58. The van der Waals surface area contributed by atoms with E-state index in [0.717, 1.165) is 17.2 Å². The van der Waals surface area contributed by atoms with Gasteiger partial charge in [0.15, 0.2) is 0 Å². The second-order valence-corrected chi connectivity index (χ2v) is 6.09. The van der Waals surface area contributed by atoms with Gasteiger partial charge in [-0.3, -0.25) is 4.79 Å². The Hall–Kier alpha value is -2.59. The molecule has 7 nitrogen and oxygen atoms in total. The molecule has 3 rings (SSSR count). The largest absolute Gasteiger partial charge is 0.450 e. The molecule has 1 saturated heterocycles. The van der Waals surface area contributed by atoms with Gasteiger partial charge < -0.3 is 19.0 Å². The lowest BCUT2D eigenvalue weighted by Gasteiger charge is -2.22. The first-order chi connectivity index (χ1) is 11.4. The number of methoxy groups -OCH3 is 1. The summed E-state index contributed by atoms with van der Waals surface area (Å²) in [6.07, 6.45) is 0.628. The number of likely N-dealkylation sites (tertiary alicyclic amines) is 1. The Bertz CT molecular complexity index is 795. The Labute approximate surface area is 140 Å². The maximum absolute atomic E-state index is 13.0. The van der Waals surface area contributed by atoms with Gasteiger partial charge in [0.2, 0.25) is 5.76 Å². The lowest BCUT2D eigenvalue weighted by Crippen LogP contribution is -2.32. The third-order valence-electron chi connectivity index (χ3n) is 4.58. The molecule has 2 atom stereocenters. The quantitative estimate of drug-likeness (QED) is 0.933. The molecule has 3 heterocycles. The van der Waals surface area contributed by atoms with Crippen LogP contribution >= 0.6 is 0 Å². The van der Waals surface area contributed by atoms with Crippen molar-refractivity contribution >= 4 is 5.91 Å². The van der Waals surface area contributed by atoms with Crippen LogP contribution in [-0.4, -0.2) is 40.5 Å². The van der Waals surface area contributed by atoms with Crippen LogP contribution in [0.15, 0.2) is 10.5 Å². The Balaban J connectivity index is 1.95. The van der Waals surface area contributed by atoms with Gasteiger partial charge >= 0.3 is 0 Å². The molecule has 1 aliphatic rings. The van der Waals surface area contributed by atoms with E-state index in [1.165, 1.54) is 6.07 Å². The molecule has 0 aliphatic carbocycles. The first-order valence-electron chi connectivity index (χ1n) is 7.82. The average Bonchev–Trinajstić information content (AvgIpc) is 3.24. The number of ether oxygens (including phenoxy) is 1. The number of H-pyrrole nitrogens is 1. The van der Waals surface area contributed by atoms with Gasteiger partial charge in [0.05, 0.1) is 23.4 Å². The Morgan fingerprint density at radius 2 is 2.25 bits per heavy atom. The van der Waals surface area contributed by atoms with Crippen molar-refractivity contribution in [1.29, 1.82) is 5.26 Å². The van der Waals surface area contributed by atoms with Crippen molar-refractivity contribution in [2.45, 2.75) is 39.3 Å². The molecule has 1 aliphatic heterocycles. The van der Waals surface area contributed by atoms with Crippen LogP contribution in [0.25, 0.3) is 0 Å². The number of carbonyl (C=O) groups excluding carboxylic acids is 1. The number of hydrogen-bond acceptors (Lipinski definition) is 5. The van der Waals surface area contributed by atoms with Gasteiger partial charge in [0.25, 0.3) is 5.91 Å². The summed E-state index contributed by atoms with van der Waals surface area (Å²) in [6.45, 7) is 6.06. The highest BCUT2D eigenvalue weighted by atomic mass is 16.5. The van der Waals surface area contributed by atoms with Crippen molar-refractivity contribution in [1.82, 2.24) is 14.9 Å². The van der Waals surface area contributed by atoms with Gasteiger partial charge in [-0.2, -0.15) is 5.26 Å². The van der Waals surface area contributed by atoms with Crippen LogP contribution in [0.5, 0.6) is 0 Å². The topological polar surface area (TPSA) is 95.1 Å². The van der Waals surface area contributed by atoms with Crippen molar-refractivity contribution in [3.63, 3.8) is 0 Å². The summed E-state index contributed by atoms with van der Waals surface area (Å²) in [6, 6.07) is 3.23. The fourth-order valence-corrected chi connectivity index (χ4v) is 3.09. The third kappa shape index (κ3) is 2.69. The van der Waals surface area contributed by atoms with Crippen LogP contribution in [0.2, 0.25) is 0 Å². The lowest BCUT2D eigenvalue weighted by molar-refractivity contribution is 0.0683. The van der Waals surface area contributed by atoms with Crippen LogP contribution < -0.4 is 0 Å². The Morgan fingerprint density at radius 1 is 1.50 bits per heavy atom.